The summed E-state index contributed by atoms with van der Waals surface area (Å²) in [5.41, 5.74) is 1.88. The fourth-order valence-corrected chi connectivity index (χ4v) is 2.54. The van der Waals surface area contributed by atoms with Gasteiger partial charge in [-0.15, -0.1) is 0 Å². The topological polar surface area (TPSA) is 29.1 Å². The minimum atomic E-state index is -0.268. The smallest absolute Gasteiger partial charge is 0.220 e. The number of hydrogen-bond acceptors (Lipinski definition) is 1. The van der Waals surface area contributed by atoms with Crippen LogP contribution >= 0.6 is 15.9 Å². The van der Waals surface area contributed by atoms with Gasteiger partial charge in [0, 0.05) is 10.9 Å². The van der Waals surface area contributed by atoms with Gasteiger partial charge in [-0.05, 0) is 48.7 Å². The summed E-state index contributed by atoms with van der Waals surface area (Å²) in [6.07, 6.45) is 0.886. The Labute approximate surface area is 132 Å². The molecule has 0 fully saturated rings. The van der Waals surface area contributed by atoms with Crippen LogP contribution in [-0.2, 0) is 11.2 Å². The first-order valence-corrected chi connectivity index (χ1v) is 7.63. The van der Waals surface area contributed by atoms with E-state index in [1.807, 2.05) is 37.3 Å². The average molecular weight is 350 g/mol. The van der Waals surface area contributed by atoms with Gasteiger partial charge in [0.2, 0.25) is 5.91 Å². The largest absolute Gasteiger partial charge is 0.350 e. The molecule has 1 unspecified atom stereocenters. The molecule has 0 radical (unpaired) electrons. The van der Waals surface area contributed by atoms with Gasteiger partial charge in [-0.2, -0.15) is 0 Å². The van der Waals surface area contributed by atoms with Crippen LogP contribution in [0.3, 0.4) is 0 Å². The van der Waals surface area contributed by atoms with Crippen LogP contribution in [0.5, 0.6) is 0 Å². The molecule has 0 saturated heterocycles. The third-order valence-electron chi connectivity index (χ3n) is 3.26. The predicted molar refractivity (Wildman–Crippen MR) is 85.4 cm³/mol. The van der Waals surface area contributed by atoms with Crippen molar-refractivity contribution in [3.05, 3.63) is 69.9 Å². The molecule has 1 N–H and O–H groups in total. The van der Waals surface area contributed by atoms with Gasteiger partial charge in [0.05, 0.1) is 6.04 Å². The molecule has 4 heteroatoms. The Morgan fingerprint density at radius 1 is 1.24 bits per heavy atom. The fraction of sp³-hybridized carbons (Fsp3) is 0.235. The first-order valence-electron chi connectivity index (χ1n) is 6.84. The molecular weight excluding hydrogens is 333 g/mol. The van der Waals surface area contributed by atoms with E-state index in [0.29, 0.717) is 12.8 Å². The monoisotopic (exact) mass is 349 g/mol. The number of rotatable bonds is 5. The molecule has 2 aromatic carbocycles. The van der Waals surface area contributed by atoms with Crippen LogP contribution in [0.25, 0.3) is 0 Å². The van der Waals surface area contributed by atoms with E-state index in [1.165, 1.54) is 12.1 Å². The minimum absolute atomic E-state index is 0.0354. The lowest BCUT2D eigenvalue weighted by atomic mass is 10.1. The van der Waals surface area contributed by atoms with Crippen molar-refractivity contribution in [2.24, 2.45) is 0 Å². The summed E-state index contributed by atoms with van der Waals surface area (Å²) in [6.45, 7) is 1.95. The van der Waals surface area contributed by atoms with Gasteiger partial charge in [-0.25, -0.2) is 4.39 Å². The van der Waals surface area contributed by atoms with E-state index in [9.17, 15) is 9.18 Å². The molecule has 0 bridgehead atoms. The Morgan fingerprint density at radius 2 is 2.00 bits per heavy atom. The van der Waals surface area contributed by atoms with Crippen molar-refractivity contribution < 1.29 is 9.18 Å². The zero-order valence-corrected chi connectivity index (χ0v) is 13.4. The van der Waals surface area contributed by atoms with E-state index < -0.39 is 0 Å². The predicted octanol–water partition coefficient (Wildman–Crippen LogP) is 4.40. The molecule has 0 aliphatic heterocycles. The Kier molecular flexibility index (Phi) is 5.51. The minimum Gasteiger partial charge on any atom is -0.350 e. The second-order valence-electron chi connectivity index (χ2n) is 4.97. The van der Waals surface area contributed by atoms with Crippen molar-refractivity contribution in [3.63, 3.8) is 0 Å². The van der Waals surface area contributed by atoms with Crippen molar-refractivity contribution >= 4 is 21.8 Å². The summed E-state index contributed by atoms with van der Waals surface area (Å²) in [6, 6.07) is 14.1. The van der Waals surface area contributed by atoms with Gasteiger partial charge in [0.15, 0.2) is 0 Å². The highest BCUT2D eigenvalue weighted by molar-refractivity contribution is 9.10. The van der Waals surface area contributed by atoms with E-state index in [2.05, 4.69) is 21.2 Å². The van der Waals surface area contributed by atoms with Crippen LogP contribution in [0.2, 0.25) is 0 Å². The molecule has 0 aliphatic rings. The highest BCUT2D eigenvalue weighted by Gasteiger charge is 2.10. The van der Waals surface area contributed by atoms with Gasteiger partial charge in [0.1, 0.15) is 5.82 Å². The summed E-state index contributed by atoms with van der Waals surface area (Å²) in [7, 11) is 0. The molecule has 0 spiro atoms. The number of nitrogens with one attached hydrogen (secondary N) is 1. The van der Waals surface area contributed by atoms with Gasteiger partial charge in [0.25, 0.3) is 0 Å². The van der Waals surface area contributed by atoms with Gasteiger partial charge < -0.3 is 5.32 Å². The molecule has 1 amide bonds. The lowest BCUT2D eigenvalue weighted by Gasteiger charge is -2.14. The molecule has 21 heavy (non-hydrogen) atoms. The van der Waals surface area contributed by atoms with Crippen LogP contribution < -0.4 is 5.32 Å². The lowest BCUT2D eigenvalue weighted by molar-refractivity contribution is -0.121. The number of amides is 1. The number of hydrogen-bond donors (Lipinski definition) is 1. The van der Waals surface area contributed by atoms with Crippen molar-refractivity contribution in [1.29, 1.82) is 0 Å². The van der Waals surface area contributed by atoms with E-state index in [-0.39, 0.29) is 17.8 Å². The lowest BCUT2D eigenvalue weighted by Crippen LogP contribution is -2.26. The molecule has 0 aromatic heterocycles. The molecule has 0 heterocycles. The molecule has 2 rings (SSSR count). The maximum Gasteiger partial charge on any atom is 0.220 e. The first-order chi connectivity index (χ1) is 10.0. The van der Waals surface area contributed by atoms with Crippen LogP contribution in [0.4, 0.5) is 4.39 Å². The zero-order valence-electron chi connectivity index (χ0n) is 11.8. The maximum atomic E-state index is 13.1. The molecule has 0 saturated carbocycles. The van der Waals surface area contributed by atoms with Crippen LogP contribution in [-0.4, -0.2) is 5.91 Å². The van der Waals surface area contributed by atoms with E-state index in [1.54, 1.807) is 6.07 Å². The summed E-state index contributed by atoms with van der Waals surface area (Å²) in [5.74, 6) is -0.304. The van der Waals surface area contributed by atoms with Crippen LogP contribution in [0.15, 0.2) is 53.0 Å². The molecule has 2 aromatic rings. The Balaban J connectivity index is 1.87. The van der Waals surface area contributed by atoms with E-state index in [0.717, 1.165) is 15.6 Å². The molecule has 1 atom stereocenters. The van der Waals surface area contributed by atoms with Crippen molar-refractivity contribution in [1.82, 2.24) is 5.32 Å². The van der Waals surface area contributed by atoms with Gasteiger partial charge in [-0.1, -0.05) is 40.2 Å². The normalized spacial score (nSPS) is 12.0. The summed E-state index contributed by atoms with van der Waals surface area (Å²) in [5, 5.41) is 2.95. The summed E-state index contributed by atoms with van der Waals surface area (Å²) in [4.78, 5) is 12.0. The Bertz CT molecular complexity index is 630. The number of halogens is 2. The van der Waals surface area contributed by atoms with Crippen LogP contribution in [0.1, 0.15) is 30.5 Å². The quantitative estimate of drug-likeness (QED) is 0.851. The highest BCUT2D eigenvalue weighted by atomic mass is 79.9. The molecule has 0 aliphatic carbocycles. The fourth-order valence-electron chi connectivity index (χ4n) is 2.12. The van der Waals surface area contributed by atoms with Crippen molar-refractivity contribution in [2.75, 3.05) is 0 Å². The number of aryl methyl sites for hydroxylation is 1. The molecular formula is C17H17BrFNO. The number of carbonyl (C=O) groups excluding carboxylic acids is 1. The third kappa shape index (κ3) is 4.97. The second-order valence-corrected chi connectivity index (χ2v) is 5.89. The summed E-state index contributed by atoms with van der Waals surface area (Å²) < 4.78 is 14.0. The Morgan fingerprint density at radius 3 is 2.71 bits per heavy atom. The molecule has 110 valence electrons. The van der Waals surface area contributed by atoms with E-state index in [4.69, 9.17) is 0 Å². The van der Waals surface area contributed by atoms with Crippen molar-refractivity contribution in [3.8, 4) is 0 Å². The van der Waals surface area contributed by atoms with Gasteiger partial charge >= 0.3 is 0 Å². The molecule has 2 nitrogen and oxygen atoms in total. The SMILES string of the molecule is CC(NC(=O)CCc1cccc(F)c1)c1cccc(Br)c1. The number of benzene rings is 2. The summed E-state index contributed by atoms with van der Waals surface area (Å²) >= 11 is 3.42. The number of carbonyl (C=O) groups is 1. The van der Waals surface area contributed by atoms with Gasteiger partial charge in [-0.3, -0.25) is 4.79 Å². The highest BCUT2D eigenvalue weighted by Crippen LogP contribution is 2.18. The Hall–Kier alpha value is -1.68. The van der Waals surface area contributed by atoms with E-state index >= 15 is 0 Å². The average Bonchev–Trinajstić information content (AvgIpc) is 2.45. The second kappa shape index (κ2) is 7.36. The standard InChI is InChI=1S/C17H17BrFNO/c1-12(14-5-3-6-15(18)11-14)20-17(21)9-8-13-4-2-7-16(19)10-13/h2-7,10-12H,8-9H2,1H3,(H,20,21). The zero-order chi connectivity index (χ0) is 15.2. The van der Waals surface area contributed by atoms with Crippen molar-refractivity contribution in [2.45, 2.75) is 25.8 Å². The van der Waals surface area contributed by atoms with Crippen LogP contribution in [0, 0.1) is 5.82 Å². The first kappa shape index (κ1) is 15.7. The third-order valence-corrected chi connectivity index (χ3v) is 3.75. The maximum absolute atomic E-state index is 13.1.